The van der Waals surface area contributed by atoms with Gasteiger partial charge in [-0.1, -0.05) is 66.7 Å². The van der Waals surface area contributed by atoms with Gasteiger partial charge in [-0.05, 0) is 48.3 Å². The molecule has 0 aliphatic carbocycles. The van der Waals surface area contributed by atoms with Gasteiger partial charge in [0.25, 0.3) is 0 Å². The molecule has 134 valence electrons. The number of nitrogens with zero attached hydrogens (tertiary/aromatic N) is 2. The van der Waals surface area contributed by atoms with Gasteiger partial charge < -0.3 is 5.32 Å². The Hall–Kier alpha value is -3.33. The van der Waals surface area contributed by atoms with E-state index in [9.17, 15) is 0 Å². The van der Waals surface area contributed by atoms with E-state index in [0.29, 0.717) is 0 Å². The number of rotatable bonds is 5. The molecule has 4 aromatic rings. The fourth-order valence-corrected chi connectivity index (χ4v) is 3.24. The van der Waals surface area contributed by atoms with Crippen molar-refractivity contribution in [1.29, 1.82) is 0 Å². The van der Waals surface area contributed by atoms with Gasteiger partial charge in [0.1, 0.15) is 17.2 Å². The number of fused-ring (bicyclic) bond motifs is 1. The summed E-state index contributed by atoms with van der Waals surface area (Å²) in [6.07, 6.45) is 4.32. The number of imidazole rings is 1. The first-order valence-electron chi connectivity index (χ1n) is 9.21. The van der Waals surface area contributed by atoms with Crippen LogP contribution in [0.5, 0.6) is 0 Å². The van der Waals surface area contributed by atoms with E-state index in [1.54, 1.807) is 0 Å². The van der Waals surface area contributed by atoms with Gasteiger partial charge in [0.15, 0.2) is 0 Å². The number of aryl methyl sites for hydroxylation is 1. The lowest BCUT2D eigenvalue weighted by Gasteiger charge is -2.10. The van der Waals surface area contributed by atoms with Crippen molar-refractivity contribution in [2.75, 3.05) is 5.32 Å². The molecule has 2 aromatic heterocycles. The second-order valence-corrected chi connectivity index (χ2v) is 6.82. The standard InChI is InChI=1S/C24H23N3/c1-18-13-14-22-26-23(19(2)15-20-9-5-3-6-10-20)24(27(22)17-18)25-16-21-11-7-4-8-12-21/h3-15,17,25H,16H2,1-2H3. The number of pyridine rings is 1. The van der Waals surface area contributed by atoms with Gasteiger partial charge in [0.2, 0.25) is 0 Å². The molecule has 0 aliphatic heterocycles. The van der Waals surface area contributed by atoms with Crippen molar-refractivity contribution in [1.82, 2.24) is 9.38 Å². The molecule has 3 heteroatoms. The van der Waals surface area contributed by atoms with E-state index in [1.165, 1.54) is 16.7 Å². The van der Waals surface area contributed by atoms with Crippen LogP contribution in [-0.2, 0) is 6.54 Å². The Kier molecular flexibility index (Phi) is 4.75. The molecule has 0 fully saturated rings. The quantitative estimate of drug-likeness (QED) is 0.490. The van der Waals surface area contributed by atoms with Crippen molar-refractivity contribution < 1.29 is 0 Å². The molecule has 4 rings (SSSR count). The summed E-state index contributed by atoms with van der Waals surface area (Å²) in [6.45, 7) is 4.98. The summed E-state index contributed by atoms with van der Waals surface area (Å²) in [5, 5.41) is 3.61. The fraction of sp³-hybridized carbons (Fsp3) is 0.125. The molecular weight excluding hydrogens is 330 g/mol. The van der Waals surface area contributed by atoms with Crippen molar-refractivity contribution in [2.24, 2.45) is 0 Å². The second kappa shape index (κ2) is 7.50. The Morgan fingerprint density at radius 3 is 2.41 bits per heavy atom. The van der Waals surface area contributed by atoms with E-state index in [1.807, 2.05) is 12.1 Å². The van der Waals surface area contributed by atoms with E-state index in [2.05, 4.69) is 96.5 Å². The molecule has 0 bridgehead atoms. The SMILES string of the molecule is CC(=Cc1ccccc1)c1nc2ccc(C)cn2c1NCc1ccccc1. The zero-order chi connectivity index (χ0) is 18.6. The van der Waals surface area contributed by atoms with Crippen LogP contribution in [0.2, 0.25) is 0 Å². The third-order valence-corrected chi connectivity index (χ3v) is 4.63. The Morgan fingerprint density at radius 1 is 0.963 bits per heavy atom. The van der Waals surface area contributed by atoms with Crippen LogP contribution in [0.25, 0.3) is 17.3 Å². The first-order valence-corrected chi connectivity index (χ1v) is 9.21. The van der Waals surface area contributed by atoms with Gasteiger partial charge in [-0.15, -0.1) is 0 Å². The number of anilines is 1. The molecular formula is C24H23N3. The first kappa shape index (κ1) is 17.1. The van der Waals surface area contributed by atoms with Crippen molar-refractivity contribution in [3.63, 3.8) is 0 Å². The maximum absolute atomic E-state index is 4.89. The number of hydrogen-bond donors (Lipinski definition) is 1. The third-order valence-electron chi connectivity index (χ3n) is 4.63. The van der Waals surface area contributed by atoms with Crippen LogP contribution < -0.4 is 5.32 Å². The monoisotopic (exact) mass is 353 g/mol. The predicted molar refractivity (Wildman–Crippen MR) is 114 cm³/mol. The molecule has 2 heterocycles. The molecule has 0 saturated heterocycles. The maximum atomic E-state index is 4.89. The molecule has 0 radical (unpaired) electrons. The predicted octanol–water partition coefficient (Wildman–Crippen LogP) is 5.82. The van der Waals surface area contributed by atoms with Gasteiger partial charge in [-0.25, -0.2) is 4.98 Å². The summed E-state index contributed by atoms with van der Waals surface area (Å²) >= 11 is 0. The number of aromatic nitrogens is 2. The molecule has 0 saturated carbocycles. The minimum atomic E-state index is 0.758. The van der Waals surface area contributed by atoms with Crippen LogP contribution in [-0.4, -0.2) is 9.38 Å². The minimum absolute atomic E-state index is 0.758. The topological polar surface area (TPSA) is 29.3 Å². The molecule has 0 spiro atoms. The number of allylic oxidation sites excluding steroid dienone is 1. The van der Waals surface area contributed by atoms with Crippen LogP contribution >= 0.6 is 0 Å². The number of hydrogen-bond acceptors (Lipinski definition) is 2. The highest BCUT2D eigenvalue weighted by Crippen LogP contribution is 2.27. The first-order chi connectivity index (χ1) is 13.2. The van der Waals surface area contributed by atoms with Crippen LogP contribution in [0, 0.1) is 6.92 Å². The molecule has 0 aliphatic rings. The third kappa shape index (κ3) is 3.77. The molecule has 3 nitrogen and oxygen atoms in total. The highest BCUT2D eigenvalue weighted by Gasteiger charge is 2.14. The summed E-state index contributed by atoms with van der Waals surface area (Å²) < 4.78 is 2.15. The van der Waals surface area contributed by atoms with E-state index in [4.69, 9.17) is 4.98 Å². The smallest absolute Gasteiger partial charge is 0.139 e. The van der Waals surface area contributed by atoms with E-state index < -0.39 is 0 Å². The number of nitrogens with one attached hydrogen (secondary N) is 1. The molecule has 0 unspecified atom stereocenters. The van der Waals surface area contributed by atoms with Crippen molar-refractivity contribution >= 4 is 23.1 Å². The number of benzene rings is 2. The van der Waals surface area contributed by atoms with Gasteiger partial charge in [0, 0.05) is 12.7 Å². The fourth-order valence-electron chi connectivity index (χ4n) is 3.24. The zero-order valence-corrected chi connectivity index (χ0v) is 15.7. The normalized spacial score (nSPS) is 11.7. The largest absolute Gasteiger partial charge is 0.365 e. The van der Waals surface area contributed by atoms with Crippen LogP contribution in [0.3, 0.4) is 0 Å². The summed E-state index contributed by atoms with van der Waals surface area (Å²) in [5.74, 6) is 1.03. The van der Waals surface area contributed by atoms with Crippen LogP contribution in [0.1, 0.15) is 29.3 Å². The van der Waals surface area contributed by atoms with Crippen LogP contribution in [0.4, 0.5) is 5.82 Å². The average Bonchev–Trinajstić information content (AvgIpc) is 3.06. The summed E-state index contributed by atoms with van der Waals surface area (Å²) in [5.41, 5.74) is 6.71. The Morgan fingerprint density at radius 2 is 1.67 bits per heavy atom. The molecule has 1 N–H and O–H groups in total. The molecule has 0 amide bonds. The van der Waals surface area contributed by atoms with Crippen molar-refractivity contribution in [3.8, 4) is 0 Å². The summed E-state index contributed by atoms with van der Waals surface area (Å²) in [4.78, 5) is 4.89. The van der Waals surface area contributed by atoms with Gasteiger partial charge in [-0.3, -0.25) is 4.40 Å². The average molecular weight is 353 g/mol. The lowest BCUT2D eigenvalue weighted by atomic mass is 10.1. The van der Waals surface area contributed by atoms with E-state index in [-0.39, 0.29) is 0 Å². The van der Waals surface area contributed by atoms with Crippen molar-refractivity contribution in [2.45, 2.75) is 20.4 Å². The highest BCUT2D eigenvalue weighted by atomic mass is 15.1. The van der Waals surface area contributed by atoms with Crippen LogP contribution in [0.15, 0.2) is 79.0 Å². The summed E-state index contributed by atoms with van der Waals surface area (Å²) in [6, 6.07) is 25.0. The molecule has 2 aromatic carbocycles. The summed E-state index contributed by atoms with van der Waals surface area (Å²) in [7, 11) is 0. The lowest BCUT2D eigenvalue weighted by Crippen LogP contribution is -2.04. The molecule has 0 atom stereocenters. The van der Waals surface area contributed by atoms with Gasteiger partial charge in [-0.2, -0.15) is 0 Å². The zero-order valence-electron chi connectivity index (χ0n) is 15.7. The van der Waals surface area contributed by atoms with E-state index >= 15 is 0 Å². The van der Waals surface area contributed by atoms with Gasteiger partial charge in [0.05, 0.1) is 0 Å². The minimum Gasteiger partial charge on any atom is -0.365 e. The Balaban J connectivity index is 1.76. The van der Waals surface area contributed by atoms with Crippen molar-refractivity contribution in [3.05, 3.63) is 101 Å². The Labute approximate surface area is 160 Å². The van der Waals surface area contributed by atoms with E-state index in [0.717, 1.165) is 29.3 Å². The second-order valence-electron chi connectivity index (χ2n) is 6.82. The maximum Gasteiger partial charge on any atom is 0.139 e. The van der Waals surface area contributed by atoms with Gasteiger partial charge >= 0.3 is 0 Å². The highest BCUT2D eigenvalue weighted by molar-refractivity contribution is 5.84. The Bertz CT molecular complexity index is 1080. The lowest BCUT2D eigenvalue weighted by molar-refractivity contribution is 1.07. The molecule has 27 heavy (non-hydrogen) atoms.